The van der Waals surface area contributed by atoms with E-state index in [2.05, 4.69) is 10.5 Å². The Labute approximate surface area is 115 Å². The normalized spacial score (nSPS) is 17.6. The van der Waals surface area contributed by atoms with Gasteiger partial charge in [0.05, 0.1) is 13.2 Å². The Morgan fingerprint density at radius 2 is 2.45 bits per heavy atom. The standard InChI is InChI=1S/C12H15FN4O3/c1-15-12(18)17(16-14)10-3-2-8(13)6-11(10)20-9-4-5-19-7-9/h2-3,6,9,14H,4-5,7H2,1H3,(H,15,18)/t9-/m1/s1. The van der Waals surface area contributed by atoms with Crippen LogP contribution in [0.25, 0.3) is 0 Å². The number of hydrogen-bond donors (Lipinski definition) is 2. The van der Waals surface area contributed by atoms with Crippen LogP contribution in [0.5, 0.6) is 5.75 Å². The second-order valence-electron chi connectivity index (χ2n) is 4.18. The summed E-state index contributed by atoms with van der Waals surface area (Å²) in [6.07, 6.45) is 0.487. The molecule has 1 fully saturated rings. The van der Waals surface area contributed by atoms with Gasteiger partial charge in [-0.2, -0.15) is 10.5 Å². The zero-order valence-corrected chi connectivity index (χ0v) is 10.9. The number of benzene rings is 1. The van der Waals surface area contributed by atoms with Gasteiger partial charge >= 0.3 is 6.03 Å². The number of rotatable bonds is 4. The largest absolute Gasteiger partial charge is 0.486 e. The van der Waals surface area contributed by atoms with E-state index in [-0.39, 0.29) is 17.5 Å². The van der Waals surface area contributed by atoms with Crippen molar-refractivity contribution >= 4 is 11.7 Å². The molecule has 1 atom stereocenters. The molecular weight excluding hydrogens is 267 g/mol. The number of anilines is 1. The van der Waals surface area contributed by atoms with Gasteiger partial charge in [-0.05, 0) is 12.1 Å². The summed E-state index contributed by atoms with van der Waals surface area (Å²) < 4.78 is 24.2. The molecule has 1 aliphatic heterocycles. The topological polar surface area (TPSA) is 87.0 Å². The van der Waals surface area contributed by atoms with E-state index in [9.17, 15) is 9.18 Å². The lowest BCUT2D eigenvalue weighted by Gasteiger charge is -2.20. The van der Waals surface area contributed by atoms with Crippen molar-refractivity contribution in [1.82, 2.24) is 5.32 Å². The molecule has 0 aliphatic carbocycles. The van der Waals surface area contributed by atoms with Crippen LogP contribution in [0, 0.1) is 11.3 Å². The first-order chi connectivity index (χ1) is 9.65. The minimum absolute atomic E-state index is 0.153. The maximum atomic E-state index is 13.4. The quantitative estimate of drug-likeness (QED) is 0.654. The Morgan fingerprint density at radius 1 is 1.65 bits per heavy atom. The molecule has 1 aromatic rings. The van der Waals surface area contributed by atoms with E-state index in [4.69, 9.17) is 15.0 Å². The lowest BCUT2D eigenvalue weighted by atomic mass is 10.2. The van der Waals surface area contributed by atoms with Crippen molar-refractivity contribution in [1.29, 1.82) is 5.53 Å². The summed E-state index contributed by atoms with van der Waals surface area (Å²) in [5.74, 6) is -0.343. The number of nitrogens with one attached hydrogen (secondary N) is 2. The molecule has 2 rings (SSSR count). The number of carbonyl (C=O) groups is 1. The Balaban J connectivity index is 2.30. The Hall–Kier alpha value is -2.22. The van der Waals surface area contributed by atoms with Crippen LogP contribution in [0.15, 0.2) is 23.4 Å². The highest BCUT2D eigenvalue weighted by molar-refractivity contribution is 5.92. The van der Waals surface area contributed by atoms with Crippen LogP contribution >= 0.6 is 0 Å². The summed E-state index contributed by atoms with van der Waals surface area (Å²) in [6.45, 7) is 0.991. The number of hydrogen-bond acceptors (Lipinski definition) is 5. The van der Waals surface area contributed by atoms with Gasteiger partial charge in [0.2, 0.25) is 0 Å². The first-order valence-corrected chi connectivity index (χ1v) is 6.09. The molecular formula is C12H15FN4O3. The molecule has 1 aromatic carbocycles. The van der Waals surface area contributed by atoms with Gasteiger partial charge in [0, 0.05) is 19.5 Å². The molecule has 2 N–H and O–H groups in total. The van der Waals surface area contributed by atoms with Crippen molar-refractivity contribution in [3.05, 3.63) is 24.0 Å². The molecule has 1 aliphatic rings. The van der Waals surface area contributed by atoms with Gasteiger partial charge in [-0.3, -0.25) is 0 Å². The summed E-state index contributed by atoms with van der Waals surface area (Å²) in [6, 6.07) is 3.07. The van der Waals surface area contributed by atoms with Crippen LogP contribution in [0.2, 0.25) is 0 Å². The second kappa shape index (κ2) is 6.29. The zero-order chi connectivity index (χ0) is 14.5. The molecule has 0 bridgehead atoms. The maximum Gasteiger partial charge on any atom is 0.343 e. The van der Waals surface area contributed by atoms with Crippen LogP contribution in [0.4, 0.5) is 14.9 Å². The number of carbonyl (C=O) groups excluding carboxylic acids is 1. The minimum Gasteiger partial charge on any atom is -0.486 e. The third kappa shape index (κ3) is 3.02. The fourth-order valence-electron chi connectivity index (χ4n) is 1.86. The van der Waals surface area contributed by atoms with E-state index in [0.29, 0.717) is 19.6 Å². The van der Waals surface area contributed by atoms with Crippen molar-refractivity contribution in [3.63, 3.8) is 0 Å². The molecule has 20 heavy (non-hydrogen) atoms. The van der Waals surface area contributed by atoms with E-state index in [1.165, 1.54) is 19.2 Å². The average Bonchev–Trinajstić information content (AvgIpc) is 2.94. The van der Waals surface area contributed by atoms with E-state index < -0.39 is 11.8 Å². The monoisotopic (exact) mass is 282 g/mol. The van der Waals surface area contributed by atoms with Crippen LogP contribution in [-0.2, 0) is 4.74 Å². The van der Waals surface area contributed by atoms with Crippen LogP contribution in [-0.4, -0.2) is 32.4 Å². The third-order valence-corrected chi connectivity index (χ3v) is 2.84. The van der Waals surface area contributed by atoms with Gasteiger partial charge in [-0.25, -0.2) is 9.18 Å². The molecule has 0 unspecified atom stereocenters. The second-order valence-corrected chi connectivity index (χ2v) is 4.18. The average molecular weight is 282 g/mol. The third-order valence-electron chi connectivity index (χ3n) is 2.84. The van der Waals surface area contributed by atoms with Gasteiger partial charge < -0.3 is 14.8 Å². The fourth-order valence-corrected chi connectivity index (χ4v) is 1.86. The Morgan fingerprint density at radius 3 is 3.05 bits per heavy atom. The van der Waals surface area contributed by atoms with Crippen molar-refractivity contribution in [2.24, 2.45) is 5.22 Å². The van der Waals surface area contributed by atoms with Crippen LogP contribution in [0.3, 0.4) is 0 Å². The predicted molar refractivity (Wildman–Crippen MR) is 68.3 cm³/mol. The van der Waals surface area contributed by atoms with E-state index in [0.717, 1.165) is 11.1 Å². The minimum atomic E-state index is -0.612. The summed E-state index contributed by atoms with van der Waals surface area (Å²) in [5.41, 5.74) is 7.28. The highest BCUT2D eigenvalue weighted by Gasteiger charge is 2.23. The number of amides is 2. The van der Waals surface area contributed by atoms with Gasteiger partial charge in [-0.15, -0.1) is 0 Å². The summed E-state index contributed by atoms with van der Waals surface area (Å²) in [5, 5.41) is 6.28. The van der Waals surface area contributed by atoms with E-state index in [1.54, 1.807) is 0 Å². The van der Waals surface area contributed by atoms with Crippen LogP contribution < -0.4 is 15.1 Å². The molecule has 1 saturated heterocycles. The van der Waals surface area contributed by atoms with Gasteiger partial charge in [0.15, 0.2) is 0 Å². The summed E-state index contributed by atoms with van der Waals surface area (Å²) in [7, 11) is 1.41. The molecule has 0 saturated carbocycles. The first-order valence-electron chi connectivity index (χ1n) is 6.09. The molecule has 108 valence electrons. The first kappa shape index (κ1) is 14.2. The van der Waals surface area contributed by atoms with Crippen molar-refractivity contribution in [2.75, 3.05) is 25.3 Å². The van der Waals surface area contributed by atoms with E-state index in [1.807, 2.05) is 0 Å². The zero-order valence-electron chi connectivity index (χ0n) is 10.9. The lowest BCUT2D eigenvalue weighted by Crippen LogP contribution is -2.34. The Kier molecular flexibility index (Phi) is 4.46. The van der Waals surface area contributed by atoms with Crippen molar-refractivity contribution in [2.45, 2.75) is 12.5 Å². The molecule has 8 heteroatoms. The summed E-state index contributed by atoms with van der Waals surface area (Å²) in [4.78, 5) is 11.6. The van der Waals surface area contributed by atoms with E-state index >= 15 is 0 Å². The Bertz CT molecular complexity index is 505. The highest BCUT2D eigenvalue weighted by Crippen LogP contribution is 2.31. The summed E-state index contributed by atoms with van der Waals surface area (Å²) >= 11 is 0. The smallest absolute Gasteiger partial charge is 0.343 e. The van der Waals surface area contributed by atoms with Crippen molar-refractivity contribution < 1.29 is 18.7 Å². The number of nitrogens with zero attached hydrogens (tertiary/aromatic N) is 2. The van der Waals surface area contributed by atoms with Crippen molar-refractivity contribution in [3.8, 4) is 5.75 Å². The highest BCUT2D eigenvalue weighted by atomic mass is 19.1. The van der Waals surface area contributed by atoms with Gasteiger partial charge in [0.25, 0.3) is 0 Å². The SMILES string of the molecule is CNC(=O)N(N=N)c1ccc(F)cc1O[C@@H]1CCOC1. The van der Waals surface area contributed by atoms with Gasteiger partial charge in [-0.1, -0.05) is 5.22 Å². The maximum absolute atomic E-state index is 13.4. The molecule has 1 heterocycles. The van der Waals surface area contributed by atoms with Crippen LogP contribution in [0.1, 0.15) is 6.42 Å². The number of urea groups is 1. The molecule has 2 amide bonds. The molecule has 0 aromatic heterocycles. The van der Waals surface area contributed by atoms with Gasteiger partial charge in [0.1, 0.15) is 23.4 Å². The predicted octanol–water partition coefficient (Wildman–Crippen LogP) is 2.09. The molecule has 0 radical (unpaired) electrons. The molecule has 0 spiro atoms. The fraction of sp³-hybridized carbons (Fsp3) is 0.417. The number of ether oxygens (including phenoxy) is 2. The number of halogens is 1. The lowest BCUT2D eigenvalue weighted by molar-refractivity contribution is 0.141. The molecule has 7 nitrogen and oxygen atoms in total.